The van der Waals surface area contributed by atoms with Gasteiger partial charge in [-0.15, -0.1) is 0 Å². The van der Waals surface area contributed by atoms with Crippen LogP contribution < -0.4 is 11.3 Å². The molecule has 0 aliphatic rings. The number of imidazole rings is 1. The molecule has 0 bridgehead atoms. The average molecular weight is 184 g/mol. The summed E-state index contributed by atoms with van der Waals surface area (Å²) in [5.74, 6) is 3.33. The zero-order valence-electron chi connectivity index (χ0n) is 6.44. The summed E-state index contributed by atoms with van der Waals surface area (Å²) in [7, 11) is 0. The number of hydrazine groups is 1. The topological polar surface area (TPSA) is 66.7 Å². The van der Waals surface area contributed by atoms with Gasteiger partial charge in [0, 0.05) is 0 Å². The fraction of sp³-hybridized carbons (Fsp3) is 0. The van der Waals surface area contributed by atoms with E-state index in [4.69, 9.17) is 5.84 Å². The number of hydrogen-bond donors (Lipinski definition) is 3. The van der Waals surface area contributed by atoms with E-state index < -0.39 is 11.6 Å². The Morgan fingerprint density at radius 2 is 2.15 bits per heavy atom. The second kappa shape index (κ2) is 2.67. The van der Waals surface area contributed by atoms with E-state index in [1.807, 2.05) is 0 Å². The van der Waals surface area contributed by atoms with Crippen LogP contribution in [0.1, 0.15) is 0 Å². The van der Waals surface area contributed by atoms with E-state index in [1.165, 1.54) is 6.07 Å². The molecule has 4 N–H and O–H groups in total. The van der Waals surface area contributed by atoms with E-state index in [0.29, 0.717) is 5.52 Å². The lowest BCUT2D eigenvalue weighted by Crippen LogP contribution is -2.07. The fourth-order valence-electron chi connectivity index (χ4n) is 1.09. The minimum atomic E-state index is -0.977. The summed E-state index contributed by atoms with van der Waals surface area (Å²) in [6.07, 6.45) is 0. The van der Waals surface area contributed by atoms with Crippen LogP contribution in [-0.2, 0) is 0 Å². The molecule has 1 heterocycles. The van der Waals surface area contributed by atoms with E-state index in [0.717, 1.165) is 6.07 Å². The molecule has 68 valence electrons. The Labute approximate surface area is 71.7 Å². The highest BCUT2D eigenvalue weighted by molar-refractivity contribution is 5.78. The van der Waals surface area contributed by atoms with E-state index >= 15 is 0 Å². The number of fused-ring (bicyclic) bond motifs is 1. The molecule has 0 saturated heterocycles. The number of anilines is 1. The van der Waals surface area contributed by atoms with Gasteiger partial charge in [0.05, 0.1) is 5.52 Å². The van der Waals surface area contributed by atoms with Crippen LogP contribution in [0.4, 0.5) is 14.7 Å². The Morgan fingerprint density at radius 3 is 2.85 bits per heavy atom. The van der Waals surface area contributed by atoms with Gasteiger partial charge < -0.3 is 4.98 Å². The van der Waals surface area contributed by atoms with Crippen molar-refractivity contribution in [2.75, 3.05) is 5.43 Å². The largest absolute Gasteiger partial charge is 0.323 e. The zero-order valence-corrected chi connectivity index (χ0v) is 6.44. The van der Waals surface area contributed by atoms with Crippen molar-refractivity contribution < 1.29 is 8.78 Å². The first kappa shape index (κ1) is 7.93. The summed E-state index contributed by atoms with van der Waals surface area (Å²) < 4.78 is 25.7. The van der Waals surface area contributed by atoms with E-state index in [1.54, 1.807) is 0 Å². The maximum Gasteiger partial charge on any atom is 0.215 e. The number of nitrogen functional groups attached to an aromatic ring is 1. The first-order valence-corrected chi connectivity index (χ1v) is 3.52. The van der Waals surface area contributed by atoms with Crippen molar-refractivity contribution in [3.8, 4) is 0 Å². The third-order valence-corrected chi connectivity index (χ3v) is 1.68. The van der Waals surface area contributed by atoms with Crippen LogP contribution in [-0.4, -0.2) is 9.97 Å². The van der Waals surface area contributed by atoms with Gasteiger partial charge in [0.25, 0.3) is 0 Å². The molecule has 13 heavy (non-hydrogen) atoms. The van der Waals surface area contributed by atoms with Crippen molar-refractivity contribution in [3.63, 3.8) is 0 Å². The van der Waals surface area contributed by atoms with Crippen molar-refractivity contribution >= 4 is 17.0 Å². The van der Waals surface area contributed by atoms with Gasteiger partial charge in [-0.25, -0.2) is 19.6 Å². The SMILES string of the molecule is NNc1nc2c(F)c(F)ccc2[nH]1. The Kier molecular flexibility index (Phi) is 1.63. The maximum atomic E-state index is 13.0. The second-order valence-electron chi connectivity index (χ2n) is 2.49. The van der Waals surface area contributed by atoms with Crippen LogP contribution in [0, 0.1) is 11.6 Å². The molecular formula is C7H6F2N4. The van der Waals surface area contributed by atoms with Gasteiger partial charge >= 0.3 is 0 Å². The highest BCUT2D eigenvalue weighted by atomic mass is 19.2. The molecule has 0 aliphatic carbocycles. The summed E-state index contributed by atoms with van der Waals surface area (Å²) in [5.41, 5.74) is 2.54. The quantitative estimate of drug-likeness (QED) is 0.459. The lowest BCUT2D eigenvalue weighted by atomic mass is 10.3. The highest BCUT2D eigenvalue weighted by Gasteiger charge is 2.10. The van der Waals surface area contributed by atoms with Gasteiger partial charge in [-0.1, -0.05) is 0 Å². The van der Waals surface area contributed by atoms with Crippen molar-refractivity contribution in [1.29, 1.82) is 0 Å². The highest BCUT2D eigenvalue weighted by Crippen LogP contribution is 2.19. The molecular weight excluding hydrogens is 178 g/mol. The molecule has 0 atom stereocenters. The van der Waals surface area contributed by atoms with Gasteiger partial charge in [0.2, 0.25) is 5.95 Å². The molecule has 2 aromatic rings. The van der Waals surface area contributed by atoms with E-state index in [9.17, 15) is 8.78 Å². The fourth-order valence-corrected chi connectivity index (χ4v) is 1.09. The summed E-state index contributed by atoms with van der Waals surface area (Å²) in [4.78, 5) is 6.34. The molecule has 1 aromatic heterocycles. The van der Waals surface area contributed by atoms with Gasteiger partial charge in [0.1, 0.15) is 5.52 Å². The molecule has 1 aromatic carbocycles. The van der Waals surface area contributed by atoms with Crippen molar-refractivity contribution in [1.82, 2.24) is 9.97 Å². The molecule has 0 radical (unpaired) electrons. The molecule has 0 aliphatic heterocycles. The average Bonchev–Trinajstić information content (AvgIpc) is 2.55. The second-order valence-corrected chi connectivity index (χ2v) is 2.49. The number of nitrogens with zero attached hydrogens (tertiary/aromatic N) is 1. The lowest BCUT2D eigenvalue weighted by Gasteiger charge is -1.90. The Morgan fingerprint density at radius 1 is 1.38 bits per heavy atom. The van der Waals surface area contributed by atoms with Crippen LogP contribution in [0.15, 0.2) is 12.1 Å². The smallest absolute Gasteiger partial charge is 0.215 e. The van der Waals surface area contributed by atoms with Crippen LogP contribution in [0.5, 0.6) is 0 Å². The number of nitrogens with one attached hydrogen (secondary N) is 2. The maximum absolute atomic E-state index is 13.0. The van der Waals surface area contributed by atoms with Gasteiger partial charge in [-0.3, -0.25) is 5.43 Å². The van der Waals surface area contributed by atoms with Gasteiger partial charge in [-0.2, -0.15) is 0 Å². The Balaban J connectivity index is 2.76. The number of hydrogen-bond acceptors (Lipinski definition) is 3. The minimum absolute atomic E-state index is 0.0621. The first-order valence-electron chi connectivity index (χ1n) is 3.52. The standard InChI is InChI=1S/C7H6F2N4/c8-3-1-2-4-6(5(3)9)12-7(11-4)13-10/h1-2H,10H2,(H2,11,12,13). The predicted octanol–water partition coefficient (Wildman–Crippen LogP) is 1.13. The number of aromatic amines is 1. The van der Waals surface area contributed by atoms with Crippen molar-refractivity contribution in [2.24, 2.45) is 5.84 Å². The first-order chi connectivity index (χ1) is 6.22. The lowest BCUT2D eigenvalue weighted by molar-refractivity contribution is 0.515. The molecule has 2 rings (SSSR count). The van der Waals surface area contributed by atoms with Gasteiger partial charge in [0.15, 0.2) is 11.6 Å². The number of H-pyrrole nitrogens is 1. The summed E-state index contributed by atoms with van der Waals surface area (Å²) in [6.45, 7) is 0. The van der Waals surface area contributed by atoms with Crippen LogP contribution in [0.25, 0.3) is 11.0 Å². The predicted molar refractivity (Wildman–Crippen MR) is 43.8 cm³/mol. The number of aromatic nitrogens is 2. The summed E-state index contributed by atoms with van der Waals surface area (Å²) in [5, 5.41) is 0. The zero-order chi connectivity index (χ0) is 9.42. The molecule has 0 amide bonds. The molecule has 0 fully saturated rings. The normalized spacial score (nSPS) is 10.7. The van der Waals surface area contributed by atoms with E-state index in [-0.39, 0.29) is 11.5 Å². The van der Waals surface area contributed by atoms with Crippen molar-refractivity contribution in [3.05, 3.63) is 23.8 Å². The molecule has 4 nitrogen and oxygen atoms in total. The van der Waals surface area contributed by atoms with Crippen molar-refractivity contribution in [2.45, 2.75) is 0 Å². The molecule has 0 spiro atoms. The number of benzene rings is 1. The van der Waals surface area contributed by atoms with Crippen LogP contribution in [0.2, 0.25) is 0 Å². The monoisotopic (exact) mass is 184 g/mol. The number of rotatable bonds is 1. The number of nitrogens with two attached hydrogens (primary N) is 1. The third kappa shape index (κ3) is 1.11. The summed E-state index contributed by atoms with van der Waals surface area (Å²) in [6, 6.07) is 2.41. The number of halogens is 2. The molecule has 6 heteroatoms. The molecule has 0 saturated carbocycles. The molecule has 0 unspecified atom stereocenters. The van der Waals surface area contributed by atoms with Gasteiger partial charge in [-0.05, 0) is 12.1 Å². The minimum Gasteiger partial charge on any atom is -0.323 e. The van der Waals surface area contributed by atoms with E-state index in [2.05, 4.69) is 15.4 Å². The Hall–Kier alpha value is -1.69. The summed E-state index contributed by atoms with van der Waals surface area (Å²) >= 11 is 0. The van der Waals surface area contributed by atoms with Crippen LogP contribution >= 0.6 is 0 Å². The third-order valence-electron chi connectivity index (χ3n) is 1.68. The Bertz CT molecular complexity index is 451. The van der Waals surface area contributed by atoms with Crippen LogP contribution in [0.3, 0.4) is 0 Å².